The van der Waals surface area contributed by atoms with Crippen molar-refractivity contribution in [1.82, 2.24) is 10.2 Å². The molecule has 192 valence electrons. The fourth-order valence-electron chi connectivity index (χ4n) is 3.70. The Morgan fingerprint density at radius 1 is 1.03 bits per heavy atom. The van der Waals surface area contributed by atoms with Crippen LogP contribution in [0.2, 0.25) is 0 Å². The zero-order valence-electron chi connectivity index (χ0n) is 21.1. The average Bonchev–Trinajstić information content (AvgIpc) is 2.80. The quantitative estimate of drug-likeness (QED) is 0.379. The lowest BCUT2D eigenvalue weighted by atomic mass is 10.0. The van der Waals surface area contributed by atoms with Crippen LogP contribution in [0.15, 0.2) is 53.0 Å². The number of sulfonamides is 1. The number of para-hydroxylation sites is 1. The van der Waals surface area contributed by atoms with Gasteiger partial charge in [0.1, 0.15) is 12.6 Å². The minimum absolute atomic E-state index is 0.0627. The predicted molar refractivity (Wildman–Crippen MR) is 145 cm³/mol. The van der Waals surface area contributed by atoms with E-state index in [1.165, 1.54) is 4.90 Å². The Labute approximate surface area is 218 Å². The Hall–Kier alpha value is -2.39. The molecular formula is C26H36BrN3O4S. The summed E-state index contributed by atoms with van der Waals surface area (Å²) in [4.78, 5) is 27.9. The van der Waals surface area contributed by atoms with Crippen LogP contribution in [0, 0.1) is 0 Å². The molecule has 2 amide bonds. The summed E-state index contributed by atoms with van der Waals surface area (Å²) in [5.41, 5.74) is 2.14. The summed E-state index contributed by atoms with van der Waals surface area (Å²) >= 11 is 3.41. The molecule has 0 spiro atoms. The molecule has 0 unspecified atom stereocenters. The van der Waals surface area contributed by atoms with Crippen molar-refractivity contribution in [1.29, 1.82) is 0 Å². The van der Waals surface area contributed by atoms with Gasteiger partial charge in [0.05, 0.1) is 11.9 Å². The summed E-state index contributed by atoms with van der Waals surface area (Å²) in [6, 6.07) is 13.9. The molecule has 7 nitrogen and oxygen atoms in total. The average molecular weight is 567 g/mol. The van der Waals surface area contributed by atoms with E-state index in [-0.39, 0.29) is 18.4 Å². The number of anilines is 1. The lowest BCUT2D eigenvalue weighted by molar-refractivity contribution is -0.139. The predicted octanol–water partition coefficient (Wildman–Crippen LogP) is 4.67. The number of carbonyl (C=O) groups is 2. The smallest absolute Gasteiger partial charge is 0.244 e. The minimum Gasteiger partial charge on any atom is -0.354 e. The second kappa shape index (κ2) is 13.1. The maximum absolute atomic E-state index is 13.6. The maximum atomic E-state index is 13.6. The van der Waals surface area contributed by atoms with E-state index in [1.54, 1.807) is 19.1 Å². The molecule has 0 saturated heterocycles. The van der Waals surface area contributed by atoms with Gasteiger partial charge in [-0.15, -0.1) is 0 Å². The van der Waals surface area contributed by atoms with Gasteiger partial charge in [-0.3, -0.25) is 13.9 Å². The number of carbonyl (C=O) groups excluding carboxylic acids is 2. The van der Waals surface area contributed by atoms with E-state index in [9.17, 15) is 18.0 Å². The second-order valence-electron chi connectivity index (χ2n) is 8.95. The third-order valence-electron chi connectivity index (χ3n) is 5.77. The van der Waals surface area contributed by atoms with Gasteiger partial charge in [0, 0.05) is 17.6 Å². The van der Waals surface area contributed by atoms with Crippen molar-refractivity contribution < 1.29 is 18.0 Å². The van der Waals surface area contributed by atoms with Gasteiger partial charge >= 0.3 is 0 Å². The van der Waals surface area contributed by atoms with Gasteiger partial charge in [-0.25, -0.2) is 8.42 Å². The minimum atomic E-state index is -3.77. The molecule has 0 bridgehead atoms. The van der Waals surface area contributed by atoms with Crippen molar-refractivity contribution in [3.63, 3.8) is 0 Å². The van der Waals surface area contributed by atoms with Crippen LogP contribution < -0.4 is 9.62 Å². The summed E-state index contributed by atoms with van der Waals surface area (Å²) in [6.45, 7) is 7.97. The fraction of sp³-hybridized carbons (Fsp3) is 0.462. The Bertz CT molecular complexity index is 1100. The van der Waals surface area contributed by atoms with Crippen molar-refractivity contribution in [3.05, 3.63) is 64.1 Å². The highest BCUT2D eigenvalue weighted by molar-refractivity contribution is 9.10. The van der Waals surface area contributed by atoms with Gasteiger partial charge < -0.3 is 10.2 Å². The van der Waals surface area contributed by atoms with Gasteiger partial charge in [0.2, 0.25) is 21.8 Å². The summed E-state index contributed by atoms with van der Waals surface area (Å²) < 4.78 is 27.7. The Morgan fingerprint density at radius 3 is 2.23 bits per heavy atom. The number of hydrogen-bond acceptors (Lipinski definition) is 4. The van der Waals surface area contributed by atoms with Crippen LogP contribution in [0.4, 0.5) is 5.69 Å². The largest absolute Gasteiger partial charge is 0.354 e. The Balaban J connectivity index is 2.40. The zero-order chi connectivity index (χ0) is 26.2. The molecule has 0 aromatic heterocycles. The number of nitrogens with one attached hydrogen (secondary N) is 1. The summed E-state index contributed by atoms with van der Waals surface area (Å²) in [7, 11) is -3.77. The lowest BCUT2D eigenvalue weighted by Crippen LogP contribution is -2.51. The molecule has 0 aliphatic rings. The molecule has 2 aromatic carbocycles. The fourth-order valence-corrected chi connectivity index (χ4v) is 4.84. The first kappa shape index (κ1) is 28.8. The first-order valence-electron chi connectivity index (χ1n) is 11.8. The number of hydrogen-bond donors (Lipinski definition) is 1. The number of amides is 2. The van der Waals surface area contributed by atoms with Crippen LogP contribution in [0.5, 0.6) is 0 Å². The van der Waals surface area contributed by atoms with Gasteiger partial charge in [-0.05, 0) is 48.6 Å². The molecular weight excluding hydrogens is 530 g/mol. The molecule has 0 aliphatic heterocycles. The van der Waals surface area contributed by atoms with Gasteiger partial charge in [0.15, 0.2) is 0 Å². The highest BCUT2D eigenvalue weighted by Crippen LogP contribution is 2.29. The van der Waals surface area contributed by atoms with Crippen LogP contribution in [-0.4, -0.2) is 50.5 Å². The number of halogens is 1. The summed E-state index contributed by atoms with van der Waals surface area (Å²) in [5.74, 6) is -0.653. The van der Waals surface area contributed by atoms with E-state index in [2.05, 4.69) is 21.2 Å². The molecule has 2 aromatic rings. The van der Waals surface area contributed by atoms with Crippen molar-refractivity contribution in [2.75, 3.05) is 23.7 Å². The van der Waals surface area contributed by atoms with Crippen molar-refractivity contribution in [3.8, 4) is 0 Å². The second-order valence-corrected chi connectivity index (χ2v) is 11.8. The molecule has 1 atom stereocenters. The zero-order valence-corrected chi connectivity index (χ0v) is 23.5. The molecule has 0 aliphatic carbocycles. The molecule has 35 heavy (non-hydrogen) atoms. The van der Waals surface area contributed by atoms with E-state index < -0.39 is 28.5 Å². The van der Waals surface area contributed by atoms with E-state index in [0.717, 1.165) is 39.0 Å². The molecule has 0 saturated carbocycles. The highest BCUT2D eigenvalue weighted by Gasteiger charge is 2.31. The van der Waals surface area contributed by atoms with E-state index in [0.29, 0.717) is 12.2 Å². The standard InChI is InChI=1S/C26H36BrN3O4S/c1-6-7-16-28-26(32)20(4)29(17-21-12-14-22(27)15-13-21)25(31)18-30(35(5,33)34)24-11-9-8-10-23(24)19(2)3/h8-15,19-20H,6-7,16-18H2,1-5H3,(H,28,32)/t20-/m0/s1. The third kappa shape index (κ3) is 8.35. The summed E-state index contributed by atoms with van der Waals surface area (Å²) in [5, 5.41) is 2.88. The van der Waals surface area contributed by atoms with Crippen molar-refractivity contribution in [2.24, 2.45) is 0 Å². The molecule has 1 N–H and O–H groups in total. The molecule has 2 rings (SSSR count). The monoisotopic (exact) mass is 565 g/mol. The SMILES string of the molecule is CCCCNC(=O)[C@H](C)N(Cc1ccc(Br)cc1)C(=O)CN(c1ccccc1C(C)C)S(C)(=O)=O. The van der Waals surface area contributed by atoms with E-state index in [1.807, 2.05) is 57.2 Å². The van der Waals surface area contributed by atoms with E-state index in [4.69, 9.17) is 0 Å². The normalized spacial score (nSPS) is 12.3. The first-order chi connectivity index (χ1) is 16.5. The Kier molecular flexibility index (Phi) is 10.8. The van der Waals surface area contributed by atoms with Gasteiger partial charge in [-0.1, -0.05) is 73.5 Å². The topological polar surface area (TPSA) is 86.8 Å². The van der Waals surface area contributed by atoms with Crippen LogP contribution >= 0.6 is 15.9 Å². The number of nitrogens with zero attached hydrogens (tertiary/aromatic N) is 2. The van der Waals surface area contributed by atoms with Gasteiger partial charge in [0.25, 0.3) is 0 Å². The third-order valence-corrected chi connectivity index (χ3v) is 7.42. The number of benzene rings is 2. The van der Waals surface area contributed by atoms with Crippen LogP contribution in [0.1, 0.15) is 57.6 Å². The summed E-state index contributed by atoms with van der Waals surface area (Å²) in [6.07, 6.45) is 2.87. The van der Waals surface area contributed by atoms with Crippen LogP contribution in [0.3, 0.4) is 0 Å². The van der Waals surface area contributed by atoms with Crippen LogP contribution in [-0.2, 0) is 26.2 Å². The van der Waals surface area contributed by atoms with Crippen LogP contribution in [0.25, 0.3) is 0 Å². The molecule has 0 radical (unpaired) electrons. The van der Waals surface area contributed by atoms with E-state index >= 15 is 0 Å². The number of unbranched alkanes of at least 4 members (excludes halogenated alkanes) is 1. The first-order valence-corrected chi connectivity index (χ1v) is 14.5. The van der Waals surface area contributed by atoms with Crippen molar-refractivity contribution >= 4 is 43.5 Å². The maximum Gasteiger partial charge on any atom is 0.244 e. The highest BCUT2D eigenvalue weighted by atomic mass is 79.9. The number of rotatable bonds is 12. The lowest BCUT2D eigenvalue weighted by Gasteiger charge is -2.32. The van der Waals surface area contributed by atoms with Crippen molar-refractivity contribution in [2.45, 2.75) is 59.0 Å². The molecule has 0 heterocycles. The molecule has 0 fully saturated rings. The van der Waals surface area contributed by atoms with Gasteiger partial charge in [-0.2, -0.15) is 0 Å². The molecule has 9 heteroatoms. The Morgan fingerprint density at radius 2 is 1.66 bits per heavy atom.